The van der Waals surface area contributed by atoms with Gasteiger partial charge < -0.3 is 0 Å². The molecule has 1 aromatic heterocycles. The molecule has 3 aromatic rings. The van der Waals surface area contributed by atoms with E-state index in [1.807, 2.05) is 24.3 Å². The molecular weight excluding hydrogens is 215 g/mol. The predicted molar refractivity (Wildman–Crippen MR) is 64.9 cm³/mol. The van der Waals surface area contributed by atoms with Crippen molar-refractivity contribution in [1.29, 1.82) is 0 Å². The molecule has 0 radical (unpaired) electrons. The van der Waals surface area contributed by atoms with Crippen LogP contribution in [-0.4, -0.2) is 9.97 Å². The highest BCUT2D eigenvalue weighted by atomic mass is 19.1. The molecule has 0 N–H and O–H groups in total. The molecule has 82 valence electrons. The number of aromatic nitrogens is 2. The van der Waals surface area contributed by atoms with Crippen molar-refractivity contribution in [3.8, 4) is 11.3 Å². The van der Waals surface area contributed by atoms with Gasteiger partial charge in [-0.3, -0.25) is 0 Å². The van der Waals surface area contributed by atoms with E-state index >= 15 is 0 Å². The summed E-state index contributed by atoms with van der Waals surface area (Å²) in [7, 11) is 0. The summed E-state index contributed by atoms with van der Waals surface area (Å²) in [5, 5.41) is 0.861. The second kappa shape index (κ2) is 3.94. The lowest BCUT2D eigenvalue weighted by Gasteiger charge is -2.05. The number of para-hydroxylation sites is 1. The van der Waals surface area contributed by atoms with Crippen LogP contribution in [-0.2, 0) is 0 Å². The van der Waals surface area contributed by atoms with Gasteiger partial charge in [-0.2, -0.15) is 0 Å². The summed E-state index contributed by atoms with van der Waals surface area (Å²) in [5.74, 6) is -0.267. The van der Waals surface area contributed by atoms with Gasteiger partial charge >= 0.3 is 0 Å². The van der Waals surface area contributed by atoms with E-state index in [1.54, 1.807) is 18.2 Å². The predicted octanol–water partition coefficient (Wildman–Crippen LogP) is 3.44. The Labute approximate surface area is 97.8 Å². The second-order valence-electron chi connectivity index (χ2n) is 3.72. The summed E-state index contributed by atoms with van der Waals surface area (Å²) in [4.78, 5) is 8.35. The van der Waals surface area contributed by atoms with Crippen LogP contribution in [0, 0.1) is 5.82 Å². The van der Waals surface area contributed by atoms with Gasteiger partial charge in [0.2, 0.25) is 0 Å². The fourth-order valence-corrected chi connectivity index (χ4v) is 1.87. The maximum atomic E-state index is 13.7. The first kappa shape index (κ1) is 9.90. The van der Waals surface area contributed by atoms with Crippen LogP contribution in [0.25, 0.3) is 22.2 Å². The average molecular weight is 224 g/mol. The van der Waals surface area contributed by atoms with Crippen LogP contribution in [0.15, 0.2) is 54.9 Å². The van der Waals surface area contributed by atoms with Crippen molar-refractivity contribution in [3.05, 3.63) is 60.7 Å². The van der Waals surface area contributed by atoms with E-state index in [4.69, 9.17) is 0 Å². The standard InChI is InChI=1S/C14H9FN2/c15-12-7-3-1-5-10(12)14-11-6-2-4-8-13(11)16-9-17-14/h1-9H. The molecule has 17 heavy (non-hydrogen) atoms. The zero-order chi connectivity index (χ0) is 11.7. The zero-order valence-corrected chi connectivity index (χ0v) is 8.97. The van der Waals surface area contributed by atoms with E-state index in [0.717, 1.165) is 10.9 Å². The minimum absolute atomic E-state index is 0.267. The molecule has 0 unspecified atom stereocenters. The molecule has 0 bridgehead atoms. The molecule has 0 spiro atoms. The highest BCUT2D eigenvalue weighted by Crippen LogP contribution is 2.26. The van der Waals surface area contributed by atoms with Crippen LogP contribution >= 0.6 is 0 Å². The smallest absolute Gasteiger partial charge is 0.132 e. The summed E-state index contributed by atoms with van der Waals surface area (Å²) in [5.41, 5.74) is 1.96. The Balaban J connectivity index is 2.35. The lowest BCUT2D eigenvalue weighted by Crippen LogP contribution is -1.91. The third-order valence-electron chi connectivity index (χ3n) is 2.67. The molecule has 2 aromatic carbocycles. The SMILES string of the molecule is Fc1ccccc1-c1ncnc2ccccc12. The van der Waals surface area contributed by atoms with Gasteiger partial charge in [-0.1, -0.05) is 30.3 Å². The summed E-state index contributed by atoms with van der Waals surface area (Å²) >= 11 is 0. The van der Waals surface area contributed by atoms with Crippen molar-refractivity contribution >= 4 is 10.9 Å². The van der Waals surface area contributed by atoms with Crippen LogP contribution in [0.5, 0.6) is 0 Å². The fourth-order valence-electron chi connectivity index (χ4n) is 1.87. The first-order valence-corrected chi connectivity index (χ1v) is 5.31. The third kappa shape index (κ3) is 1.65. The van der Waals surface area contributed by atoms with Gasteiger partial charge in [0.05, 0.1) is 11.2 Å². The van der Waals surface area contributed by atoms with E-state index in [1.165, 1.54) is 12.4 Å². The van der Waals surface area contributed by atoms with Crippen LogP contribution in [0.2, 0.25) is 0 Å². The molecular formula is C14H9FN2. The maximum Gasteiger partial charge on any atom is 0.132 e. The summed E-state index contributed by atoms with van der Waals surface area (Å²) in [6.07, 6.45) is 1.46. The molecule has 0 saturated heterocycles. The monoisotopic (exact) mass is 224 g/mol. The molecule has 0 fully saturated rings. The number of hydrogen-bond acceptors (Lipinski definition) is 2. The van der Waals surface area contributed by atoms with Gasteiger partial charge in [-0.15, -0.1) is 0 Å². The van der Waals surface area contributed by atoms with Gasteiger partial charge in [0.15, 0.2) is 0 Å². The first-order chi connectivity index (χ1) is 8.36. The normalized spacial score (nSPS) is 10.6. The maximum absolute atomic E-state index is 13.7. The Morgan fingerprint density at radius 3 is 2.47 bits per heavy atom. The number of fused-ring (bicyclic) bond motifs is 1. The highest BCUT2D eigenvalue weighted by Gasteiger charge is 2.09. The summed E-state index contributed by atoms with van der Waals surface area (Å²) < 4.78 is 13.7. The van der Waals surface area contributed by atoms with Crippen molar-refractivity contribution in [2.45, 2.75) is 0 Å². The van der Waals surface area contributed by atoms with Crippen LogP contribution in [0.4, 0.5) is 4.39 Å². The van der Waals surface area contributed by atoms with E-state index in [-0.39, 0.29) is 5.82 Å². The van der Waals surface area contributed by atoms with Gasteiger partial charge in [-0.05, 0) is 18.2 Å². The van der Waals surface area contributed by atoms with Crippen molar-refractivity contribution in [1.82, 2.24) is 9.97 Å². The molecule has 0 aliphatic carbocycles. The molecule has 3 rings (SSSR count). The van der Waals surface area contributed by atoms with E-state index in [2.05, 4.69) is 9.97 Å². The number of rotatable bonds is 1. The third-order valence-corrected chi connectivity index (χ3v) is 2.67. The molecule has 0 aliphatic rings. The van der Waals surface area contributed by atoms with E-state index < -0.39 is 0 Å². The summed E-state index contributed by atoms with van der Waals surface area (Å²) in [6.45, 7) is 0. The van der Waals surface area contributed by atoms with Gasteiger partial charge in [0.1, 0.15) is 12.1 Å². The fraction of sp³-hybridized carbons (Fsp3) is 0. The van der Waals surface area contributed by atoms with Crippen molar-refractivity contribution in [2.24, 2.45) is 0 Å². The molecule has 0 aliphatic heterocycles. The second-order valence-corrected chi connectivity index (χ2v) is 3.72. The van der Waals surface area contributed by atoms with Crippen molar-refractivity contribution in [2.75, 3.05) is 0 Å². The molecule has 0 saturated carbocycles. The molecule has 2 nitrogen and oxygen atoms in total. The minimum Gasteiger partial charge on any atom is -0.236 e. The average Bonchev–Trinajstić information content (AvgIpc) is 2.39. The minimum atomic E-state index is -0.267. The number of hydrogen-bond donors (Lipinski definition) is 0. The molecule has 0 atom stereocenters. The number of halogens is 1. The van der Waals surface area contributed by atoms with E-state index in [9.17, 15) is 4.39 Å². The van der Waals surface area contributed by atoms with Crippen molar-refractivity contribution < 1.29 is 4.39 Å². The molecule has 0 amide bonds. The Bertz CT molecular complexity index is 674. The largest absolute Gasteiger partial charge is 0.236 e. The Morgan fingerprint density at radius 1 is 0.824 bits per heavy atom. The van der Waals surface area contributed by atoms with E-state index in [0.29, 0.717) is 11.3 Å². The van der Waals surface area contributed by atoms with Gasteiger partial charge in [0, 0.05) is 10.9 Å². The van der Waals surface area contributed by atoms with Crippen molar-refractivity contribution in [3.63, 3.8) is 0 Å². The van der Waals surface area contributed by atoms with Crippen LogP contribution in [0.1, 0.15) is 0 Å². The van der Waals surface area contributed by atoms with Gasteiger partial charge in [-0.25, -0.2) is 14.4 Å². The zero-order valence-electron chi connectivity index (χ0n) is 8.97. The number of benzene rings is 2. The number of nitrogens with zero attached hydrogens (tertiary/aromatic N) is 2. The topological polar surface area (TPSA) is 25.8 Å². The van der Waals surface area contributed by atoms with Gasteiger partial charge in [0.25, 0.3) is 0 Å². The quantitative estimate of drug-likeness (QED) is 0.632. The Kier molecular flexibility index (Phi) is 2.29. The molecule has 1 heterocycles. The highest BCUT2D eigenvalue weighted by molar-refractivity contribution is 5.91. The van der Waals surface area contributed by atoms with Crippen LogP contribution < -0.4 is 0 Å². The summed E-state index contributed by atoms with van der Waals surface area (Å²) in [6, 6.07) is 14.2. The van der Waals surface area contributed by atoms with Crippen LogP contribution in [0.3, 0.4) is 0 Å². The Morgan fingerprint density at radius 2 is 1.59 bits per heavy atom. The molecule has 3 heteroatoms. The first-order valence-electron chi connectivity index (χ1n) is 5.31. The lowest BCUT2D eigenvalue weighted by molar-refractivity contribution is 0.631. The Hall–Kier alpha value is -2.29. The lowest BCUT2D eigenvalue weighted by atomic mass is 10.1.